The zero-order chi connectivity index (χ0) is 62.1. The number of hydrogen-bond donors (Lipinski definition) is 5. The summed E-state index contributed by atoms with van der Waals surface area (Å²) in [5, 5.41) is 2.66. The molecule has 0 aromatic heterocycles. The molecule has 0 saturated carbocycles. The molecule has 32 nitrogen and oxygen atoms in total. The molecule has 0 aromatic rings. The van der Waals surface area contributed by atoms with Crippen molar-refractivity contribution in [3.05, 3.63) is 23.7 Å². The molecule has 2 saturated heterocycles. The number of rotatable bonds is 40. The topological polar surface area (TPSA) is 428 Å². The minimum Gasteiger partial charge on any atom is -0.479 e. The fourth-order valence-electron chi connectivity index (χ4n) is 8.77. The van der Waals surface area contributed by atoms with Crippen molar-refractivity contribution < 1.29 is 114 Å². The van der Waals surface area contributed by atoms with E-state index < -0.39 is 109 Å². The number of hydrogen-bond acceptors (Lipinski definition) is 26. The summed E-state index contributed by atoms with van der Waals surface area (Å²) in [6, 6.07) is -3.06. The highest BCUT2D eigenvalue weighted by molar-refractivity contribution is 5.87. The molecule has 0 radical (unpaired) electrons. The van der Waals surface area contributed by atoms with Gasteiger partial charge in [0, 0.05) is 45.4 Å². The summed E-state index contributed by atoms with van der Waals surface area (Å²) in [6.07, 6.45) is -0.556. The smallest absolute Gasteiger partial charge is 0.479 e. The first kappa shape index (κ1) is 69.8. The fourth-order valence-corrected chi connectivity index (χ4v) is 8.77. The van der Waals surface area contributed by atoms with Crippen LogP contribution in [0.3, 0.4) is 0 Å². The Kier molecular flexibility index (Phi) is 31.4. The summed E-state index contributed by atoms with van der Waals surface area (Å²) >= 11 is 0. The molecule has 0 spiro atoms. The van der Waals surface area contributed by atoms with Gasteiger partial charge in [-0.3, -0.25) is 19.2 Å². The van der Waals surface area contributed by atoms with E-state index in [2.05, 4.69) is 21.2 Å². The molecule has 476 valence electrons. The van der Waals surface area contributed by atoms with E-state index in [1.807, 2.05) is 0 Å². The van der Waals surface area contributed by atoms with E-state index in [0.29, 0.717) is 39.3 Å². The number of carbonyl (C=O) groups is 8. The maximum atomic E-state index is 13.5. The highest BCUT2D eigenvalue weighted by Crippen LogP contribution is 2.34. The van der Waals surface area contributed by atoms with Crippen molar-refractivity contribution >= 4 is 59.9 Å². The molecule has 4 aliphatic heterocycles. The van der Waals surface area contributed by atoms with Gasteiger partial charge in [-0.05, 0) is 31.4 Å². The first-order valence-electron chi connectivity index (χ1n) is 27.5. The van der Waals surface area contributed by atoms with Gasteiger partial charge in [-0.25, -0.2) is 29.2 Å². The van der Waals surface area contributed by atoms with Crippen molar-refractivity contribution in [1.29, 1.82) is 0 Å². The van der Waals surface area contributed by atoms with Crippen LogP contribution in [-0.2, 0) is 105 Å². The molecule has 32 heteroatoms. The van der Waals surface area contributed by atoms with E-state index >= 15 is 0 Å². The van der Waals surface area contributed by atoms with Gasteiger partial charge in [-0.2, -0.15) is 0 Å². The Morgan fingerprint density at radius 1 is 0.624 bits per heavy atom. The third kappa shape index (κ3) is 25.2. The molecule has 0 unspecified atom stereocenters. The summed E-state index contributed by atoms with van der Waals surface area (Å²) in [6.45, 7) is 5.57. The minimum atomic E-state index is -1.45. The highest BCUT2D eigenvalue weighted by Gasteiger charge is 2.51. The quantitative estimate of drug-likeness (QED) is 0.0116. The Bertz CT molecular complexity index is 2360. The van der Waals surface area contributed by atoms with Crippen LogP contribution >= 0.6 is 0 Å². The second-order valence-corrected chi connectivity index (χ2v) is 19.1. The van der Waals surface area contributed by atoms with Crippen LogP contribution in [0.5, 0.6) is 0 Å². The third-order valence-electron chi connectivity index (χ3n) is 12.8. The van der Waals surface area contributed by atoms with E-state index in [1.165, 1.54) is 19.1 Å². The molecule has 85 heavy (non-hydrogen) atoms. The van der Waals surface area contributed by atoms with Gasteiger partial charge in [0.2, 0.25) is 23.3 Å². The number of esters is 4. The van der Waals surface area contributed by atoms with E-state index in [0.717, 1.165) is 14.2 Å². The lowest BCUT2D eigenvalue weighted by atomic mass is 9.87. The lowest BCUT2D eigenvalue weighted by Crippen LogP contribution is -2.60. The Labute approximate surface area is 491 Å². The summed E-state index contributed by atoms with van der Waals surface area (Å²) in [5.74, 6) is -3.45. The summed E-state index contributed by atoms with van der Waals surface area (Å²) in [5.41, 5.74) is 22.6. The number of unbranched alkanes of at least 4 members (excludes halogenated alkanes) is 2. The number of ether oxygens (including phenoxy) is 16. The maximum absolute atomic E-state index is 13.5. The van der Waals surface area contributed by atoms with Crippen LogP contribution in [0, 0.1) is 18.3 Å². The molecular weight excluding hydrogens is 1130 g/mol. The summed E-state index contributed by atoms with van der Waals surface area (Å²) in [4.78, 5) is 112. The van der Waals surface area contributed by atoms with Gasteiger partial charge in [-0.15, -0.1) is 6.42 Å². The van der Waals surface area contributed by atoms with Gasteiger partial charge in [0.15, 0.2) is 42.4 Å². The first-order valence-corrected chi connectivity index (χ1v) is 27.5. The molecule has 10 atom stereocenters. The van der Waals surface area contributed by atoms with Gasteiger partial charge in [0.05, 0.1) is 105 Å². The van der Waals surface area contributed by atoms with Crippen LogP contribution in [0.15, 0.2) is 33.7 Å². The van der Waals surface area contributed by atoms with Crippen LogP contribution in [0.2, 0.25) is 0 Å². The predicted molar refractivity (Wildman–Crippen MR) is 291 cm³/mol. The number of guanidine groups is 2. The lowest BCUT2D eigenvalue weighted by Gasteiger charge is -2.39. The number of cyclic esters (lactones) is 4. The van der Waals surface area contributed by atoms with E-state index in [-0.39, 0.29) is 135 Å². The van der Waals surface area contributed by atoms with Crippen LogP contribution < -0.4 is 28.3 Å². The molecule has 0 bridgehead atoms. The molecule has 2 fully saturated rings. The molecule has 9 N–H and O–H groups in total. The average Bonchev–Trinajstić information content (AvgIpc) is 2.53. The minimum absolute atomic E-state index is 0.0478. The zero-order valence-corrected chi connectivity index (χ0v) is 48.2. The van der Waals surface area contributed by atoms with Crippen LogP contribution in [-0.4, -0.2) is 239 Å². The second kappa shape index (κ2) is 38.3. The SMILES string of the molecule is C#CCOCCOCCOCCOCCC(=O)N(CCCCCC(=O)O[C@@H]([C@@H]1OC(C(=O)OC)=C[C@H](N=C(N)N)[C@H]1NC(C)=O)[C@H]1COC(=O)O1)CCOCCOCCCC(=O)O[C@@H]([C@@H]1OC(C(=O)OC)=C[C@H](N=C(N)N)[C@H]1C)[C@H]1COC(=O)O1. The summed E-state index contributed by atoms with van der Waals surface area (Å²) in [7, 11) is 2.26. The van der Waals surface area contributed by atoms with Gasteiger partial charge < -0.3 is 109 Å². The van der Waals surface area contributed by atoms with Crippen LogP contribution in [0.25, 0.3) is 0 Å². The van der Waals surface area contributed by atoms with E-state index in [1.54, 1.807) is 11.8 Å². The van der Waals surface area contributed by atoms with Crippen molar-refractivity contribution in [2.45, 2.75) is 114 Å². The van der Waals surface area contributed by atoms with Crippen molar-refractivity contribution in [1.82, 2.24) is 10.2 Å². The normalized spacial score (nSPS) is 22.1. The van der Waals surface area contributed by atoms with E-state index in [9.17, 15) is 38.4 Å². The van der Waals surface area contributed by atoms with Gasteiger partial charge in [0.25, 0.3) is 0 Å². The van der Waals surface area contributed by atoms with Crippen molar-refractivity contribution in [2.75, 3.05) is 120 Å². The Morgan fingerprint density at radius 2 is 1.11 bits per heavy atom. The zero-order valence-electron chi connectivity index (χ0n) is 48.2. The molecule has 4 rings (SSSR count). The molecule has 4 heterocycles. The van der Waals surface area contributed by atoms with Crippen molar-refractivity contribution in [3.63, 3.8) is 0 Å². The van der Waals surface area contributed by atoms with Crippen molar-refractivity contribution in [2.24, 2.45) is 38.8 Å². The number of amides is 2. The second-order valence-electron chi connectivity index (χ2n) is 19.1. The molecular formula is C53H80N8O24. The first-order chi connectivity index (χ1) is 40.8. The monoisotopic (exact) mass is 1210 g/mol. The molecule has 2 amide bonds. The number of terminal acetylenes is 1. The maximum Gasteiger partial charge on any atom is 0.508 e. The van der Waals surface area contributed by atoms with Gasteiger partial charge in [-0.1, -0.05) is 19.3 Å². The number of nitrogens with one attached hydrogen (secondary N) is 1. The van der Waals surface area contributed by atoms with Gasteiger partial charge in [0.1, 0.15) is 25.9 Å². The van der Waals surface area contributed by atoms with E-state index in [4.69, 9.17) is 105 Å². The van der Waals surface area contributed by atoms with Gasteiger partial charge >= 0.3 is 36.2 Å². The average molecular weight is 1210 g/mol. The Balaban J connectivity index is 1.27. The standard InChI is InChI=1S/C53H80N8O24/c1-6-16-72-20-24-76-26-27-77-25-22-74-18-13-40(63)61(14-9-7-8-11-41(64)85-46(39-31-79-53(69)83-39)47-43(58-33(3)62)35(60-51(56)57)29-37(81-47)49(67)71-5)15-19-75-23-21-73-17-10-12-42(65)84-45(38-30-78-52(68)82-38)44-32(2)34(59-50(54)55)28-36(80-44)48(66)70-4/h1,28-29,32,34-35,38-39,43-47H,7-27,30-31H2,2-5H3,(H,58,62)(H4,54,55,59)(H4,56,57,60)/t32-,34+,35+,38-,39-,43-,44-,45-,46-,47-/m1/s1. The fraction of sp³-hybridized carbons (Fsp3) is 0.698. The predicted octanol–water partition coefficient (Wildman–Crippen LogP) is -1.49. The number of methoxy groups -OCH3 is 2. The number of carbonyl (C=O) groups excluding carboxylic acids is 8. The Morgan fingerprint density at radius 3 is 1.62 bits per heavy atom. The number of aliphatic imine (C=N–C) groups is 2. The van der Waals surface area contributed by atoms with Crippen LogP contribution in [0.1, 0.15) is 58.8 Å². The number of nitrogens with zero attached hydrogens (tertiary/aromatic N) is 3. The molecule has 4 aliphatic rings. The molecule has 0 aromatic carbocycles. The highest BCUT2D eigenvalue weighted by atomic mass is 16.8. The third-order valence-corrected chi connectivity index (χ3v) is 12.8. The van der Waals surface area contributed by atoms with Crippen molar-refractivity contribution in [3.8, 4) is 12.3 Å². The number of nitrogens with two attached hydrogens (primary N) is 4. The van der Waals surface area contributed by atoms with Crippen LogP contribution in [0.4, 0.5) is 9.59 Å². The lowest BCUT2D eigenvalue weighted by molar-refractivity contribution is -0.172. The molecule has 0 aliphatic carbocycles. The Hall–Kier alpha value is -7.70. The largest absolute Gasteiger partial charge is 0.508 e. The summed E-state index contributed by atoms with van der Waals surface area (Å²) < 4.78 is 86.9.